The zero-order chi connectivity index (χ0) is 21.2. The Hall–Kier alpha value is -2.90. The van der Waals surface area contributed by atoms with Crippen molar-refractivity contribution in [3.63, 3.8) is 0 Å². The average Bonchev–Trinajstić information content (AvgIpc) is 3.21. The van der Waals surface area contributed by atoms with Crippen LogP contribution in [-0.4, -0.2) is 50.3 Å². The third-order valence-corrected chi connectivity index (χ3v) is 5.83. The Kier molecular flexibility index (Phi) is 5.91. The van der Waals surface area contributed by atoms with Gasteiger partial charge in [0.2, 0.25) is 11.8 Å². The van der Waals surface area contributed by atoms with E-state index in [0.29, 0.717) is 32.2 Å². The Morgan fingerprint density at radius 3 is 2.55 bits per heavy atom. The van der Waals surface area contributed by atoms with Gasteiger partial charge in [0.15, 0.2) is 0 Å². The third-order valence-electron chi connectivity index (χ3n) is 5.83. The van der Waals surface area contributed by atoms with Crippen LogP contribution in [0.2, 0.25) is 0 Å². The second kappa shape index (κ2) is 8.23. The van der Waals surface area contributed by atoms with Gasteiger partial charge in [0.25, 0.3) is 0 Å². The van der Waals surface area contributed by atoms with Crippen molar-refractivity contribution in [1.29, 1.82) is 0 Å². The molecule has 0 radical (unpaired) electrons. The van der Waals surface area contributed by atoms with E-state index >= 15 is 0 Å². The second-order valence-electron chi connectivity index (χ2n) is 8.11. The van der Waals surface area contributed by atoms with Crippen molar-refractivity contribution in [2.75, 3.05) is 7.05 Å². The van der Waals surface area contributed by atoms with Crippen molar-refractivity contribution < 1.29 is 19.5 Å². The van der Waals surface area contributed by atoms with Crippen LogP contribution >= 0.6 is 0 Å². The van der Waals surface area contributed by atoms with Crippen LogP contribution in [-0.2, 0) is 20.9 Å². The summed E-state index contributed by atoms with van der Waals surface area (Å²) in [4.78, 5) is 44.7. The molecule has 1 atom stereocenters. The van der Waals surface area contributed by atoms with E-state index in [1.54, 1.807) is 11.9 Å². The van der Waals surface area contributed by atoms with Crippen molar-refractivity contribution in [2.24, 2.45) is 0 Å². The number of carboxylic acids is 1. The van der Waals surface area contributed by atoms with Crippen molar-refractivity contribution >= 4 is 28.8 Å². The highest BCUT2D eigenvalue weighted by atomic mass is 16.4. The number of carbonyl (C=O) groups is 3. The lowest BCUT2D eigenvalue weighted by Crippen LogP contribution is -2.43. The molecule has 1 aliphatic rings. The minimum absolute atomic E-state index is 0.0257. The van der Waals surface area contributed by atoms with Crippen molar-refractivity contribution in [1.82, 2.24) is 20.2 Å². The Bertz CT molecular complexity index is 913. The number of amides is 2. The Morgan fingerprint density at radius 1 is 1.21 bits per heavy atom. The number of aromatic amines is 1. The van der Waals surface area contributed by atoms with Crippen LogP contribution in [0.4, 0.5) is 0 Å². The van der Waals surface area contributed by atoms with Gasteiger partial charge in [0.1, 0.15) is 5.82 Å². The molecule has 0 saturated carbocycles. The lowest BCUT2D eigenvalue weighted by molar-refractivity contribution is -0.137. The molecule has 2 heterocycles. The first kappa shape index (κ1) is 20.8. The van der Waals surface area contributed by atoms with Crippen LogP contribution in [0.3, 0.4) is 0 Å². The molecule has 2 aromatic rings. The summed E-state index contributed by atoms with van der Waals surface area (Å²) in [6, 6.07) is 4.08. The largest absolute Gasteiger partial charge is 0.481 e. The number of carbonyl (C=O) groups excluding carboxylic acids is 2. The monoisotopic (exact) mass is 400 g/mol. The first-order valence-corrected chi connectivity index (χ1v) is 9.90. The number of carboxylic acid groups (broad SMARTS) is 1. The minimum Gasteiger partial charge on any atom is -0.481 e. The van der Waals surface area contributed by atoms with Crippen LogP contribution in [0, 0.1) is 13.8 Å². The van der Waals surface area contributed by atoms with E-state index in [4.69, 9.17) is 5.11 Å². The van der Waals surface area contributed by atoms with E-state index in [9.17, 15) is 14.4 Å². The number of nitrogens with one attached hydrogen (secondary N) is 2. The zero-order valence-corrected chi connectivity index (χ0v) is 17.2. The summed E-state index contributed by atoms with van der Waals surface area (Å²) in [7, 11) is 1.73. The molecule has 3 N–H and O–H groups in total. The summed E-state index contributed by atoms with van der Waals surface area (Å²) >= 11 is 0. The molecule has 8 heteroatoms. The van der Waals surface area contributed by atoms with E-state index in [2.05, 4.69) is 21.4 Å². The van der Waals surface area contributed by atoms with Crippen LogP contribution < -0.4 is 5.32 Å². The number of fused-ring (bicyclic) bond motifs is 1. The average molecular weight is 400 g/mol. The van der Waals surface area contributed by atoms with E-state index in [-0.39, 0.29) is 24.7 Å². The molecule has 0 spiro atoms. The normalized spacial score (nSPS) is 18.8. The number of H-pyrrole nitrogens is 1. The molecule has 1 aliphatic heterocycles. The van der Waals surface area contributed by atoms with Gasteiger partial charge in [-0.3, -0.25) is 14.4 Å². The molecule has 3 rings (SSSR count). The summed E-state index contributed by atoms with van der Waals surface area (Å²) in [5.74, 6) is -0.322. The summed E-state index contributed by atoms with van der Waals surface area (Å²) in [6.07, 6.45) is 1.94. The van der Waals surface area contributed by atoms with E-state index < -0.39 is 11.5 Å². The van der Waals surface area contributed by atoms with Crippen LogP contribution in [0.15, 0.2) is 12.1 Å². The molecule has 1 aromatic carbocycles. The Balaban J connectivity index is 1.61. The van der Waals surface area contributed by atoms with Crippen molar-refractivity contribution in [2.45, 2.75) is 64.5 Å². The van der Waals surface area contributed by atoms with Gasteiger partial charge < -0.3 is 20.3 Å². The highest BCUT2D eigenvalue weighted by Crippen LogP contribution is 2.30. The first-order valence-electron chi connectivity index (χ1n) is 9.90. The molecular formula is C21H28N4O4. The fraction of sp³-hybridized carbons (Fsp3) is 0.524. The maximum absolute atomic E-state index is 12.6. The molecular weight excluding hydrogens is 372 g/mol. The van der Waals surface area contributed by atoms with Gasteiger partial charge in [-0.2, -0.15) is 0 Å². The summed E-state index contributed by atoms with van der Waals surface area (Å²) in [6.45, 7) is 4.45. The quantitative estimate of drug-likeness (QED) is 0.629. The lowest BCUT2D eigenvalue weighted by atomic mass is 9.86. The molecule has 156 valence electrons. The SMILES string of the molecule is Cc1cc2nc(CN(C)C(=O)CCC3(CCC(=O)O)CCC(=O)N3)[nH]c2cc1C. The molecule has 0 bridgehead atoms. The number of benzene rings is 1. The summed E-state index contributed by atoms with van der Waals surface area (Å²) in [5, 5.41) is 11.9. The van der Waals surface area contributed by atoms with Gasteiger partial charge in [-0.05, 0) is 56.4 Å². The minimum atomic E-state index is -0.899. The highest BCUT2D eigenvalue weighted by Gasteiger charge is 2.38. The molecule has 0 aliphatic carbocycles. The third kappa shape index (κ3) is 4.93. The number of aromatic nitrogens is 2. The number of hydrogen-bond acceptors (Lipinski definition) is 4. The van der Waals surface area contributed by atoms with Crippen molar-refractivity contribution in [3.8, 4) is 0 Å². The van der Waals surface area contributed by atoms with Gasteiger partial charge >= 0.3 is 5.97 Å². The molecule has 1 saturated heterocycles. The van der Waals surface area contributed by atoms with Gasteiger partial charge in [0, 0.05) is 31.8 Å². The van der Waals surface area contributed by atoms with E-state index in [0.717, 1.165) is 16.9 Å². The van der Waals surface area contributed by atoms with Crippen LogP contribution in [0.1, 0.15) is 55.5 Å². The number of aliphatic carboxylic acids is 1. The Morgan fingerprint density at radius 2 is 1.90 bits per heavy atom. The highest BCUT2D eigenvalue weighted by molar-refractivity contribution is 5.81. The fourth-order valence-electron chi connectivity index (χ4n) is 3.87. The smallest absolute Gasteiger partial charge is 0.303 e. The molecule has 1 aromatic heterocycles. The fourth-order valence-corrected chi connectivity index (χ4v) is 3.87. The first-order chi connectivity index (χ1) is 13.7. The summed E-state index contributed by atoms with van der Waals surface area (Å²) in [5.41, 5.74) is 3.59. The van der Waals surface area contributed by atoms with Gasteiger partial charge in [-0.25, -0.2) is 4.98 Å². The predicted molar refractivity (Wildman–Crippen MR) is 108 cm³/mol. The maximum atomic E-state index is 12.6. The standard InChI is InChI=1S/C21H28N4O4/c1-13-10-15-16(11-14(13)2)23-17(22-15)12-25(3)19(27)5-8-21(9-6-20(28)29)7-4-18(26)24-21/h10-11H,4-9,12H2,1-3H3,(H,22,23)(H,24,26)(H,28,29). The molecule has 1 unspecified atom stereocenters. The molecule has 1 fully saturated rings. The van der Waals surface area contributed by atoms with E-state index in [1.807, 2.05) is 19.9 Å². The Labute approximate surface area is 169 Å². The number of imidazole rings is 1. The molecule has 8 nitrogen and oxygen atoms in total. The van der Waals surface area contributed by atoms with Crippen LogP contribution in [0.25, 0.3) is 11.0 Å². The van der Waals surface area contributed by atoms with Gasteiger partial charge in [-0.1, -0.05) is 0 Å². The summed E-state index contributed by atoms with van der Waals surface area (Å²) < 4.78 is 0. The number of hydrogen-bond donors (Lipinski definition) is 3. The number of rotatable bonds is 8. The van der Waals surface area contributed by atoms with Gasteiger partial charge in [0.05, 0.1) is 17.6 Å². The second-order valence-corrected chi connectivity index (χ2v) is 8.11. The van der Waals surface area contributed by atoms with E-state index in [1.165, 1.54) is 11.1 Å². The lowest BCUT2D eigenvalue weighted by Gasteiger charge is -2.29. The zero-order valence-electron chi connectivity index (χ0n) is 17.2. The predicted octanol–water partition coefficient (Wildman–Crippen LogP) is 2.43. The number of nitrogens with zero attached hydrogens (tertiary/aromatic N) is 2. The molecule has 2 amide bonds. The number of aryl methyl sites for hydroxylation is 2. The van der Waals surface area contributed by atoms with Crippen LogP contribution in [0.5, 0.6) is 0 Å². The van der Waals surface area contributed by atoms with Gasteiger partial charge in [-0.15, -0.1) is 0 Å². The maximum Gasteiger partial charge on any atom is 0.303 e. The topological polar surface area (TPSA) is 115 Å². The van der Waals surface area contributed by atoms with Crippen molar-refractivity contribution in [3.05, 3.63) is 29.1 Å². The molecule has 29 heavy (non-hydrogen) atoms.